The smallest absolute Gasteiger partial charge is 0.159 e. The molecule has 0 aliphatic rings. The van der Waals surface area contributed by atoms with Crippen molar-refractivity contribution < 1.29 is 9.00 Å². The molecule has 1 atom stereocenters. The Bertz CT molecular complexity index is 285. The second-order valence-corrected chi connectivity index (χ2v) is 3.44. The maximum atomic E-state index is 10.8. The number of hydrogen-bond acceptors (Lipinski definition) is 2. The van der Waals surface area contributed by atoms with Crippen LogP contribution in [0.5, 0.6) is 0 Å². The minimum Gasteiger partial charge on any atom is -0.295 e. The zero-order valence-corrected chi connectivity index (χ0v) is 7.43. The van der Waals surface area contributed by atoms with E-state index in [-0.39, 0.29) is 5.78 Å². The van der Waals surface area contributed by atoms with Crippen LogP contribution in [-0.2, 0) is 11.0 Å². The molecular formula is C8H9NO2S. The second-order valence-electron chi connectivity index (χ2n) is 2.38. The van der Waals surface area contributed by atoms with Crippen molar-refractivity contribution in [2.24, 2.45) is 5.14 Å². The zero-order valence-electron chi connectivity index (χ0n) is 6.61. The van der Waals surface area contributed by atoms with Crippen LogP contribution in [0.1, 0.15) is 17.3 Å². The number of carbonyl (C=O) groups is 1. The molecular weight excluding hydrogens is 174 g/mol. The molecule has 2 N–H and O–H groups in total. The molecule has 1 rings (SSSR count). The van der Waals surface area contributed by atoms with Gasteiger partial charge in [0.15, 0.2) is 5.78 Å². The van der Waals surface area contributed by atoms with Crippen molar-refractivity contribution in [3.63, 3.8) is 0 Å². The van der Waals surface area contributed by atoms with Crippen LogP contribution < -0.4 is 5.14 Å². The van der Waals surface area contributed by atoms with E-state index < -0.39 is 11.0 Å². The van der Waals surface area contributed by atoms with E-state index in [1.807, 2.05) is 0 Å². The topological polar surface area (TPSA) is 60.2 Å². The van der Waals surface area contributed by atoms with Crippen molar-refractivity contribution in [1.29, 1.82) is 0 Å². The Balaban J connectivity index is 3.01. The minimum absolute atomic E-state index is 0.00986. The van der Waals surface area contributed by atoms with Gasteiger partial charge in [-0.1, -0.05) is 12.1 Å². The van der Waals surface area contributed by atoms with Crippen molar-refractivity contribution in [2.45, 2.75) is 11.8 Å². The number of benzene rings is 1. The monoisotopic (exact) mass is 183 g/mol. The molecule has 1 aromatic carbocycles. The number of carbonyl (C=O) groups excluding carboxylic acids is 1. The van der Waals surface area contributed by atoms with Crippen LogP contribution in [0, 0.1) is 0 Å². The van der Waals surface area contributed by atoms with Crippen LogP contribution >= 0.6 is 0 Å². The van der Waals surface area contributed by atoms with Gasteiger partial charge < -0.3 is 0 Å². The largest absolute Gasteiger partial charge is 0.295 e. The Morgan fingerprint density at radius 1 is 1.33 bits per heavy atom. The number of rotatable bonds is 2. The van der Waals surface area contributed by atoms with Crippen LogP contribution in [0.4, 0.5) is 0 Å². The SMILES string of the molecule is CC(=O)c1ccc(S(N)=O)cc1. The normalized spacial score (nSPS) is 12.5. The summed E-state index contributed by atoms with van der Waals surface area (Å²) < 4.78 is 10.7. The predicted octanol–water partition coefficient (Wildman–Crippen LogP) is 0.871. The van der Waals surface area contributed by atoms with E-state index >= 15 is 0 Å². The van der Waals surface area contributed by atoms with Gasteiger partial charge in [0.2, 0.25) is 0 Å². The summed E-state index contributed by atoms with van der Waals surface area (Å²) in [7, 11) is -1.46. The summed E-state index contributed by atoms with van der Waals surface area (Å²) >= 11 is 0. The first-order valence-electron chi connectivity index (χ1n) is 3.38. The molecule has 12 heavy (non-hydrogen) atoms. The Morgan fingerprint density at radius 2 is 1.83 bits per heavy atom. The van der Waals surface area contributed by atoms with Gasteiger partial charge in [-0.2, -0.15) is 0 Å². The molecule has 3 nitrogen and oxygen atoms in total. The van der Waals surface area contributed by atoms with Crippen molar-refractivity contribution >= 4 is 16.8 Å². The average Bonchev–Trinajstić information content (AvgIpc) is 2.04. The number of ketones is 1. The first-order valence-corrected chi connectivity index (χ1v) is 4.59. The lowest BCUT2D eigenvalue weighted by Crippen LogP contribution is -2.02. The molecule has 0 saturated carbocycles. The quantitative estimate of drug-likeness (QED) is 0.691. The Hall–Kier alpha value is -1.00. The zero-order chi connectivity index (χ0) is 9.14. The highest BCUT2D eigenvalue weighted by Crippen LogP contribution is 2.06. The fourth-order valence-corrected chi connectivity index (χ4v) is 1.23. The molecule has 64 valence electrons. The second kappa shape index (κ2) is 3.60. The van der Waals surface area contributed by atoms with E-state index in [9.17, 15) is 9.00 Å². The van der Waals surface area contributed by atoms with E-state index in [4.69, 9.17) is 5.14 Å². The third kappa shape index (κ3) is 1.99. The van der Waals surface area contributed by atoms with E-state index in [0.717, 1.165) is 0 Å². The van der Waals surface area contributed by atoms with Gasteiger partial charge in [-0.05, 0) is 19.1 Å². The van der Waals surface area contributed by atoms with Gasteiger partial charge in [0.05, 0.1) is 4.90 Å². The van der Waals surface area contributed by atoms with Crippen molar-refractivity contribution in [1.82, 2.24) is 0 Å². The van der Waals surface area contributed by atoms with Crippen molar-refractivity contribution in [2.75, 3.05) is 0 Å². The molecule has 0 spiro atoms. The Labute approximate surface area is 73.2 Å². The molecule has 0 radical (unpaired) electrons. The van der Waals surface area contributed by atoms with Gasteiger partial charge >= 0.3 is 0 Å². The molecule has 4 heteroatoms. The Kier molecular flexibility index (Phi) is 2.73. The summed E-state index contributed by atoms with van der Waals surface area (Å²) in [5.41, 5.74) is 0.601. The summed E-state index contributed by atoms with van der Waals surface area (Å²) in [6.45, 7) is 1.48. The number of hydrogen-bond donors (Lipinski definition) is 1. The maximum Gasteiger partial charge on any atom is 0.159 e. The predicted molar refractivity (Wildman–Crippen MR) is 47.0 cm³/mol. The molecule has 0 fully saturated rings. The lowest BCUT2D eigenvalue weighted by atomic mass is 10.2. The third-order valence-electron chi connectivity index (χ3n) is 1.49. The third-order valence-corrected chi connectivity index (χ3v) is 2.23. The van der Waals surface area contributed by atoms with Crippen LogP contribution in [0.15, 0.2) is 29.2 Å². The van der Waals surface area contributed by atoms with Crippen molar-refractivity contribution in [3.8, 4) is 0 Å². The molecule has 0 aromatic heterocycles. The number of nitrogens with two attached hydrogens (primary N) is 1. The summed E-state index contributed by atoms with van der Waals surface area (Å²) in [6, 6.07) is 6.41. The van der Waals surface area contributed by atoms with Gasteiger partial charge in [0.25, 0.3) is 0 Å². The standard InChI is InChI=1S/C8H9NO2S/c1-6(10)7-2-4-8(5-3-7)12(9)11/h2-5H,9H2,1H3. The van der Waals surface area contributed by atoms with Crippen LogP contribution in [0.3, 0.4) is 0 Å². The van der Waals surface area contributed by atoms with Gasteiger partial charge in [-0.3, -0.25) is 4.79 Å². The fraction of sp³-hybridized carbons (Fsp3) is 0.125. The highest BCUT2D eigenvalue weighted by atomic mass is 32.2. The highest BCUT2D eigenvalue weighted by molar-refractivity contribution is 7.82. The summed E-state index contributed by atoms with van der Waals surface area (Å²) in [6.07, 6.45) is 0. The lowest BCUT2D eigenvalue weighted by Gasteiger charge is -1.96. The summed E-state index contributed by atoms with van der Waals surface area (Å²) in [5, 5.41) is 5.13. The van der Waals surface area contributed by atoms with Crippen LogP contribution in [0.2, 0.25) is 0 Å². The highest BCUT2D eigenvalue weighted by Gasteiger charge is 2.00. The molecule has 0 aliphatic carbocycles. The van der Waals surface area contributed by atoms with E-state index in [0.29, 0.717) is 10.5 Å². The van der Waals surface area contributed by atoms with Gasteiger partial charge in [-0.15, -0.1) is 0 Å². The lowest BCUT2D eigenvalue weighted by molar-refractivity contribution is 0.101. The van der Waals surface area contributed by atoms with Crippen LogP contribution in [0.25, 0.3) is 0 Å². The molecule has 1 aromatic rings. The summed E-state index contributed by atoms with van der Waals surface area (Å²) in [5.74, 6) is -0.00986. The van der Waals surface area contributed by atoms with E-state index in [1.54, 1.807) is 24.3 Å². The molecule has 0 aliphatic heterocycles. The van der Waals surface area contributed by atoms with Crippen molar-refractivity contribution in [3.05, 3.63) is 29.8 Å². The summed E-state index contributed by atoms with van der Waals surface area (Å²) in [4.78, 5) is 11.3. The fourth-order valence-electron chi connectivity index (χ4n) is 0.824. The van der Waals surface area contributed by atoms with Crippen LogP contribution in [-0.4, -0.2) is 9.99 Å². The van der Waals surface area contributed by atoms with Gasteiger partial charge in [-0.25, -0.2) is 9.35 Å². The molecule has 0 saturated heterocycles. The minimum atomic E-state index is -1.46. The molecule has 0 amide bonds. The van der Waals surface area contributed by atoms with E-state index in [1.165, 1.54) is 6.92 Å². The van der Waals surface area contributed by atoms with Gasteiger partial charge in [0.1, 0.15) is 11.0 Å². The van der Waals surface area contributed by atoms with Gasteiger partial charge in [0, 0.05) is 5.56 Å². The molecule has 0 bridgehead atoms. The number of Topliss-reactive ketones (excluding diaryl/α,β-unsaturated/α-hetero) is 1. The first kappa shape index (κ1) is 9.09. The molecule has 1 unspecified atom stereocenters. The first-order chi connectivity index (χ1) is 5.61. The average molecular weight is 183 g/mol. The Morgan fingerprint density at radius 3 is 2.17 bits per heavy atom. The van der Waals surface area contributed by atoms with E-state index in [2.05, 4.69) is 0 Å². The maximum absolute atomic E-state index is 10.8. The molecule has 0 heterocycles.